The number of aryl methyl sites for hydroxylation is 1. The third kappa shape index (κ3) is 3.31. The van der Waals surface area contributed by atoms with Gasteiger partial charge < -0.3 is 10.2 Å². The predicted molar refractivity (Wildman–Crippen MR) is 130 cm³/mol. The Morgan fingerprint density at radius 1 is 1.21 bits per heavy atom. The molecule has 0 aliphatic carbocycles. The molecule has 2 N–H and O–H groups in total. The third-order valence-corrected chi connectivity index (χ3v) is 7.57. The van der Waals surface area contributed by atoms with Crippen LogP contribution in [0.5, 0.6) is 0 Å². The van der Waals surface area contributed by atoms with Crippen LogP contribution in [-0.2, 0) is 10.3 Å². The summed E-state index contributed by atoms with van der Waals surface area (Å²) >= 11 is 1.55. The number of fused-ring (bicyclic) bond motifs is 1. The van der Waals surface area contributed by atoms with Crippen molar-refractivity contribution in [3.63, 3.8) is 0 Å². The summed E-state index contributed by atoms with van der Waals surface area (Å²) in [6, 6.07) is 17.6. The van der Waals surface area contributed by atoms with Crippen LogP contribution in [0.25, 0.3) is 22.1 Å². The fourth-order valence-electron chi connectivity index (χ4n) is 4.50. The summed E-state index contributed by atoms with van der Waals surface area (Å²) in [6.07, 6.45) is 1.64. The van der Waals surface area contributed by atoms with Gasteiger partial charge in [-0.25, -0.2) is 4.99 Å². The minimum atomic E-state index is -0.880. The Kier molecular flexibility index (Phi) is 4.84. The van der Waals surface area contributed by atoms with E-state index >= 15 is 0 Å². The van der Waals surface area contributed by atoms with Crippen molar-refractivity contribution in [1.82, 2.24) is 4.90 Å². The van der Waals surface area contributed by atoms with Crippen LogP contribution in [0, 0.1) is 18.3 Å². The van der Waals surface area contributed by atoms with Crippen molar-refractivity contribution < 1.29 is 9.21 Å². The summed E-state index contributed by atoms with van der Waals surface area (Å²) in [5, 5.41) is 12.3. The van der Waals surface area contributed by atoms with Gasteiger partial charge in [0.15, 0.2) is 5.96 Å². The van der Waals surface area contributed by atoms with Gasteiger partial charge in [-0.2, -0.15) is 5.26 Å². The lowest BCUT2D eigenvalue weighted by molar-refractivity contribution is -0.130. The van der Waals surface area contributed by atoms with E-state index in [1.54, 1.807) is 24.6 Å². The second-order valence-corrected chi connectivity index (χ2v) is 9.42. The molecule has 0 saturated heterocycles. The molecule has 0 bridgehead atoms. The van der Waals surface area contributed by atoms with Gasteiger partial charge in [-0.05, 0) is 77.9 Å². The van der Waals surface area contributed by atoms with E-state index in [-0.39, 0.29) is 11.9 Å². The molecule has 0 radical (unpaired) electrons. The second kappa shape index (κ2) is 7.61. The maximum Gasteiger partial charge on any atom is 0.239 e. The number of nitrogens with two attached hydrogens (primary N) is 1. The number of rotatable bonds is 3. The van der Waals surface area contributed by atoms with E-state index in [1.165, 1.54) is 4.90 Å². The first-order chi connectivity index (χ1) is 15.8. The Morgan fingerprint density at radius 2 is 2.03 bits per heavy atom. The Labute approximate surface area is 195 Å². The minimum Gasteiger partial charge on any atom is -0.464 e. The van der Waals surface area contributed by atoms with E-state index in [0.29, 0.717) is 5.56 Å². The van der Waals surface area contributed by atoms with Gasteiger partial charge in [-0.1, -0.05) is 12.1 Å². The topological polar surface area (TPSA) is 95.6 Å². The summed E-state index contributed by atoms with van der Waals surface area (Å²) in [7, 11) is 1.65. The average molecular weight is 455 g/mol. The number of nitriles is 1. The Bertz CT molecular complexity index is 1470. The highest BCUT2D eigenvalue weighted by atomic mass is 32.1. The lowest BCUT2D eigenvalue weighted by Crippen LogP contribution is -2.52. The maximum atomic E-state index is 13.5. The first kappa shape index (κ1) is 21.0. The second-order valence-electron chi connectivity index (χ2n) is 8.51. The van der Waals surface area contributed by atoms with Crippen molar-refractivity contribution in [3.05, 3.63) is 81.7 Å². The molecule has 7 heteroatoms. The van der Waals surface area contributed by atoms with Crippen LogP contribution >= 0.6 is 11.3 Å². The number of carbonyl (C=O) groups is 1. The first-order valence-electron chi connectivity index (χ1n) is 10.5. The smallest absolute Gasteiger partial charge is 0.239 e. The Morgan fingerprint density at radius 3 is 2.82 bits per heavy atom. The van der Waals surface area contributed by atoms with Crippen LogP contribution < -0.4 is 5.73 Å². The van der Waals surface area contributed by atoms with E-state index in [0.717, 1.165) is 38.1 Å². The molecule has 3 heterocycles. The first-order valence-corrected chi connectivity index (χ1v) is 11.4. The number of thiophene rings is 1. The average Bonchev–Trinajstić information content (AvgIpc) is 3.48. The minimum absolute atomic E-state index is 0.106. The fourth-order valence-corrected chi connectivity index (χ4v) is 5.55. The molecule has 1 unspecified atom stereocenters. The van der Waals surface area contributed by atoms with Crippen LogP contribution in [0.4, 0.5) is 0 Å². The molecule has 0 spiro atoms. The SMILES string of the molecule is Cc1ccc(C#N)cc1-c1csc([C@@]2(C)N=C(N)N(C)C(=O)C2c2ccc3occc3c2)c1. The molecule has 1 amide bonds. The Hall–Kier alpha value is -3.89. The summed E-state index contributed by atoms with van der Waals surface area (Å²) < 4.78 is 5.48. The molecule has 4 aromatic rings. The largest absolute Gasteiger partial charge is 0.464 e. The molecule has 1 aliphatic heterocycles. The Balaban J connectivity index is 1.66. The highest BCUT2D eigenvalue weighted by Crippen LogP contribution is 2.47. The highest BCUT2D eigenvalue weighted by molar-refractivity contribution is 7.10. The standard InChI is InChI=1S/C26H22N4O2S/c1-15-4-5-16(13-27)10-20(15)19-12-22(33-14-19)26(2)23(24(31)30(3)25(28)29-26)18-6-7-21-17(11-18)8-9-32-21/h4-12,14,23H,1-3H3,(H2,28,29)/t23?,26-/m1/s1. The zero-order valence-corrected chi connectivity index (χ0v) is 19.3. The van der Waals surface area contributed by atoms with Crippen molar-refractivity contribution in [2.45, 2.75) is 25.3 Å². The van der Waals surface area contributed by atoms with Gasteiger partial charge in [-0.3, -0.25) is 9.69 Å². The molecule has 0 fully saturated rings. The summed E-state index contributed by atoms with van der Waals surface area (Å²) in [5.74, 6) is -0.460. The van der Waals surface area contributed by atoms with E-state index in [1.807, 2.05) is 56.3 Å². The van der Waals surface area contributed by atoms with Gasteiger partial charge in [0.25, 0.3) is 0 Å². The molecule has 0 saturated carbocycles. The molecule has 2 aromatic carbocycles. The van der Waals surface area contributed by atoms with Crippen LogP contribution in [0.15, 0.2) is 69.6 Å². The molecule has 1 aliphatic rings. The number of furan rings is 1. The molecule has 2 atom stereocenters. The van der Waals surface area contributed by atoms with Crippen molar-refractivity contribution >= 4 is 34.2 Å². The van der Waals surface area contributed by atoms with Crippen LogP contribution in [0.1, 0.15) is 34.4 Å². The number of amides is 1. The highest BCUT2D eigenvalue weighted by Gasteiger charge is 2.48. The molecular weight excluding hydrogens is 432 g/mol. The fraction of sp³-hybridized carbons (Fsp3) is 0.192. The van der Waals surface area contributed by atoms with Crippen LogP contribution in [-0.4, -0.2) is 23.8 Å². The van der Waals surface area contributed by atoms with Gasteiger partial charge >= 0.3 is 0 Å². The number of carbonyl (C=O) groups excluding carboxylic acids is 1. The summed E-state index contributed by atoms with van der Waals surface area (Å²) in [6.45, 7) is 3.98. The van der Waals surface area contributed by atoms with Crippen molar-refractivity contribution in [1.29, 1.82) is 5.26 Å². The number of hydrogen-bond donors (Lipinski definition) is 1. The molecule has 164 valence electrons. The predicted octanol–water partition coefficient (Wildman–Crippen LogP) is 5.13. The van der Waals surface area contributed by atoms with Crippen molar-refractivity contribution in [3.8, 4) is 17.2 Å². The number of likely N-dealkylation sites (N-methyl/N-ethyl adjacent to an activating group) is 1. The molecule has 2 aromatic heterocycles. The van der Waals surface area contributed by atoms with E-state index in [4.69, 9.17) is 15.1 Å². The van der Waals surface area contributed by atoms with Crippen molar-refractivity contribution in [2.75, 3.05) is 7.05 Å². The van der Waals surface area contributed by atoms with E-state index in [9.17, 15) is 10.1 Å². The van der Waals surface area contributed by atoms with Crippen molar-refractivity contribution in [2.24, 2.45) is 10.7 Å². The third-order valence-electron chi connectivity index (χ3n) is 6.42. The maximum absolute atomic E-state index is 13.5. The van der Waals surface area contributed by atoms with Crippen LogP contribution in [0.3, 0.4) is 0 Å². The zero-order valence-electron chi connectivity index (χ0n) is 18.5. The normalized spacial score (nSPS) is 20.7. The lowest BCUT2D eigenvalue weighted by atomic mass is 9.77. The molecular formula is C26H22N4O2S. The molecule has 5 rings (SSSR count). The number of benzene rings is 2. The van der Waals surface area contributed by atoms with Gasteiger partial charge in [0.2, 0.25) is 5.91 Å². The monoisotopic (exact) mass is 454 g/mol. The van der Waals surface area contributed by atoms with Gasteiger partial charge in [-0.15, -0.1) is 11.3 Å². The van der Waals surface area contributed by atoms with Gasteiger partial charge in [0.05, 0.1) is 23.8 Å². The van der Waals surface area contributed by atoms with Gasteiger partial charge in [0, 0.05) is 17.3 Å². The number of nitrogens with zero attached hydrogens (tertiary/aromatic N) is 3. The number of guanidine groups is 1. The number of aliphatic imine (C=N–C) groups is 1. The lowest BCUT2D eigenvalue weighted by Gasteiger charge is -2.40. The number of hydrogen-bond acceptors (Lipinski definition) is 6. The quantitative estimate of drug-likeness (QED) is 0.464. The summed E-state index contributed by atoms with van der Waals surface area (Å²) in [5.41, 5.74) is 10.6. The zero-order chi connectivity index (χ0) is 23.3. The van der Waals surface area contributed by atoms with E-state index < -0.39 is 11.5 Å². The summed E-state index contributed by atoms with van der Waals surface area (Å²) in [4.78, 5) is 20.7. The van der Waals surface area contributed by atoms with E-state index in [2.05, 4.69) is 17.5 Å². The van der Waals surface area contributed by atoms with Gasteiger partial charge in [0.1, 0.15) is 11.1 Å². The molecule has 33 heavy (non-hydrogen) atoms. The molecule has 6 nitrogen and oxygen atoms in total. The van der Waals surface area contributed by atoms with Crippen LogP contribution in [0.2, 0.25) is 0 Å².